The number of rotatable bonds is 8. The van der Waals surface area contributed by atoms with E-state index in [1.54, 1.807) is 0 Å². The lowest BCUT2D eigenvalue weighted by molar-refractivity contribution is -0.168. The molecule has 1 N–H and O–H groups in total. The Morgan fingerprint density at radius 1 is 1.14 bits per heavy atom. The first-order valence-electron chi connectivity index (χ1n) is 5.97. The average molecular weight is 296 g/mol. The van der Waals surface area contributed by atoms with E-state index in [-0.39, 0.29) is 37.3 Å². The molecular weight excluding hydrogens is 280 g/mol. The number of hydrogen-bond acceptors (Lipinski definition) is 7. The highest BCUT2D eigenvalue weighted by molar-refractivity contribution is 5.86. The number of phenols is 1. The molecule has 0 unspecified atom stereocenters. The van der Waals surface area contributed by atoms with Gasteiger partial charge in [-0.15, -0.1) is 0 Å². The molecule has 7 heteroatoms. The van der Waals surface area contributed by atoms with E-state index in [1.807, 2.05) is 0 Å². The number of hydrogen-bond donors (Lipinski definition) is 1. The molecule has 0 aliphatic heterocycles. The number of carbonyl (C=O) groups excluding carboxylic acids is 2. The van der Waals surface area contributed by atoms with Crippen LogP contribution in [0.5, 0.6) is 11.5 Å². The Morgan fingerprint density at radius 3 is 2.43 bits per heavy atom. The van der Waals surface area contributed by atoms with Gasteiger partial charge in [0.15, 0.2) is 13.6 Å². The summed E-state index contributed by atoms with van der Waals surface area (Å²) in [6, 6.07) is 5.67. The molecule has 0 radical (unpaired) electrons. The minimum absolute atomic E-state index is 0.0729. The first-order valence-corrected chi connectivity index (χ1v) is 5.97. The maximum atomic E-state index is 11.4. The summed E-state index contributed by atoms with van der Waals surface area (Å²) >= 11 is 0. The number of benzene rings is 1. The molecule has 0 heterocycles. The smallest absolute Gasteiger partial charge is 0.337 e. The van der Waals surface area contributed by atoms with E-state index < -0.39 is 11.9 Å². The van der Waals surface area contributed by atoms with Crippen molar-refractivity contribution in [3.05, 3.63) is 36.4 Å². The minimum Gasteiger partial charge on any atom is -0.508 e. The van der Waals surface area contributed by atoms with Crippen molar-refractivity contribution in [3.8, 4) is 11.5 Å². The summed E-state index contributed by atoms with van der Waals surface area (Å²) in [7, 11) is 0. The van der Waals surface area contributed by atoms with Gasteiger partial charge in [-0.1, -0.05) is 6.58 Å². The van der Waals surface area contributed by atoms with Crippen molar-refractivity contribution < 1.29 is 33.6 Å². The van der Waals surface area contributed by atoms with Gasteiger partial charge in [0.25, 0.3) is 0 Å². The molecule has 1 aromatic carbocycles. The van der Waals surface area contributed by atoms with Crippen LogP contribution in [-0.4, -0.2) is 37.2 Å². The molecule has 21 heavy (non-hydrogen) atoms. The van der Waals surface area contributed by atoms with Crippen LogP contribution in [0, 0.1) is 0 Å². The second-order valence-corrected chi connectivity index (χ2v) is 3.97. The van der Waals surface area contributed by atoms with Gasteiger partial charge in [0.05, 0.1) is 0 Å². The van der Waals surface area contributed by atoms with Crippen LogP contribution in [0.25, 0.3) is 0 Å². The predicted molar refractivity (Wildman–Crippen MR) is 71.4 cm³/mol. The second-order valence-electron chi connectivity index (χ2n) is 3.97. The second kappa shape index (κ2) is 8.72. The lowest BCUT2D eigenvalue weighted by Crippen LogP contribution is -2.17. The van der Waals surface area contributed by atoms with Gasteiger partial charge in [-0.25, -0.2) is 9.59 Å². The third kappa shape index (κ3) is 7.09. The first kappa shape index (κ1) is 16.7. The molecule has 0 aliphatic rings. The van der Waals surface area contributed by atoms with Crippen LogP contribution in [0.1, 0.15) is 6.92 Å². The Morgan fingerprint density at radius 2 is 1.81 bits per heavy atom. The van der Waals surface area contributed by atoms with Crippen molar-refractivity contribution in [3.63, 3.8) is 0 Å². The fourth-order valence-corrected chi connectivity index (χ4v) is 1.11. The van der Waals surface area contributed by atoms with Gasteiger partial charge >= 0.3 is 11.9 Å². The van der Waals surface area contributed by atoms with Gasteiger partial charge in [0.2, 0.25) is 0 Å². The minimum atomic E-state index is -0.622. The van der Waals surface area contributed by atoms with Gasteiger partial charge in [0, 0.05) is 5.57 Å². The molecule has 0 fully saturated rings. The lowest BCUT2D eigenvalue weighted by Gasteiger charge is -2.07. The van der Waals surface area contributed by atoms with E-state index in [0.717, 1.165) is 0 Å². The average Bonchev–Trinajstić information content (AvgIpc) is 2.44. The summed E-state index contributed by atoms with van der Waals surface area (Å²) in [6.45, 7) is 4.07. The first-order chi connectivity index (χ1) is 9.99. The van der Waals surface area contributed by atoms with E-state index >= 15 is 0 Å². The van der Waals surface area contributed by atoms with Crippen LogP contribution in [0.3, 0.4) is 0 Å². The summed E-state index contributed by atoms with van der Waals surface area (Å²) in [5, 5.41) is 9.06. The molecule has 0 aliphatic carbocycles. The highest BCUT2D eigenvalue weighted by Gasteiger charge is 2.06. The molecule has 0 bridgehead atoms. The molecule has 114 valence electrons. The highest BCUT2D eigenvalue weighted by atomic mass is 16.7. The quantitative estimate of drug-likeness (QED) is 0.254. The van der Waals surface area contributed by atoms with Crippen LogP contribution in [0.15, 0.2) is 36.4 Å². The standard InChI is InChI=1S/C14H16O7/c1-10(2)14(17)20-9-19-8-18-7-13(16)21-12-5-3-11(15)4-6-12/h3-6,15H,1,7-9H2,2H3. The zero-order valence-electron chi connectivity index (χ0n) is 11.5. The molecular formula is C14H16O7. The molecule has 0 saturated heterocycles. The third-order valence-electron chi connectivity index (χ3n) is 2.08. The zero-order valence-corrected chi connectivity index (χ0v) is 11.5. The largest absolute Gasteiger partial charge is 0.508 e. The predicted octanol–water partition coefficient (Wildman–Crippen LogP) is 1.37. The number of aromatic hydroxyl groups is 1. The van der Waals surface area contributed by atoms with Crippen LogP contribution in [-0.2, 0) is 23.8 Å². The molecule has 0 spiro atoms. The van der Waals surface area contributed by atoms with Gasteiger partial charge in [-0.3, -0.25) is 0 Å². The number of carbonyl (C=O) groups is 2. The van der Waals surface area contributed by atoms with Crippen molar-refractivity contribution in [1.29, 1.82) is 0 Å². The Hall–Kier alpha value is -2.38. The summed E-state index contributed by atoms with van der Waals surface area (Å²) in [5.74, 6) is -0.827. The van der Waals surface area contributed by atoms with E-state index in [0.29, 0.717) is 0 Å². The number of ether oxygens (including phenoxy) is 4. The van der Waals surface area contributed by atoms with E-state index in [9.17, 15) is 9.59 Å². The van der Waals surface area contributed by atoms with Gasteiger partial charge in [-0.05, 0) is 31.2 Å². The van der Waals surface area contributed by atoms with Crippen molar-refractivity contribution in [1.82, 2.24) is 0 Å². The Bertz CT molecular complexity index is 493. The fraction of sp³-hybridized carbons (Fsp3) is 0.286. The number of esters is 2. The maximum Gasteiger partial charge on any atom is 0.337 e. The number of phenolic OH excluding ortho intramolecular Hbond substituents is 1. The van der Waals surface area contributed by atoms with Crippen LogP contribution >= 0.6 is 0 Å². The van der Waals surface area contributed by atoms with Gasteiger partial charge < -0.3 is 24.1 Å². The molecule has 1 rings (SSSR count). The summed E-state index contributed by atoms with van der Waals surface area (Å²) in [6.07, 6.45) is 0. The van der Waals surface area contributed by atoms with Crippen molar-refractivity contribution in [2.45, 2.75) is 6.92 Å². The highest BCUT2D eigenvalue weighted by Crippen LogP contribution is 2.15. The molecule has 0 amide bonds. The van der Waals surface area contributed by atoms with Crippen molar-refractivity contribution in [2.24, 2.45) is 0 Å². The monoisotopic (exact) mass is 296 g/mol. The topological polar surface area (TPSA) is 91.3 Å². The van der Waals surface area contributed by atoms with E-state index in [2.05, 4.69) is 11.3 Å². The Balaban J connectivity index is 2.10. The fourth-order valence-electron chi connectivity index (χ4n) is 1.11. The summed E-state index contributed by atoms with van der Waals surface area (Å²) in [4.78, 5) is 22.3. The molecule has 0 saturated carbocycles. The van der Waals surface area contributed by atoms with Crippen LogP contribution in [0.2, 0.25) is 0 Å². The normalized spacial score (nSPS) is 9.95. The maximum absolute atomic E-state index is 11.4. The van der Waals surface area contributed by atoms with Gasteiger partial charge in [-0.2, -0.15) is 0 Å². The van der Waals surface area contributed by atoms with Gasteiger partial charge in [0.1, 0.15) is 18.1 Å². The van der Waals surface area contributed by atoms with E-state index in [4.69, 9.17) is 19.3 Å². The lowest BCUT2D eigenvalue weighted by atomic mass is 10.3. The summed E-state index contributed by atoms with van der Waals surface area (Å²) < 4.78 is 19.3. The zero-order chi connectivity index (χ0) is 15.7. The van der Waals surface area contributed by atoms with Crippen LogP contribution < -0.4 is 4.74 Å². The third-order valence-corrected chi connectivity index (χ3v) is 2.08. The van der Waals surface area contributed by atoms with Crippen molar-refractivity contribution >= 4 is 11.9 Å². The summed E-state index contributed by atoms with van der Waals surface area (Å²) in [5.41, 5.74) is 0.261. The Kier molecular flexibility index (Phi) is 6.93. The van der Waals surface area contributed by atoms with Crippen LogP contribution in [0.4, 0.5) is 0 Å². The molecule has 0 aromatic heterocycles. The molecule has 7 nitrogen and oxygen atoms in total. The molecule has 0 atom stereocenters. The van der Waals surface area contributed by atoms with E-state index in [1.165, 1.54) is 31.2 Å². The molecule has 1 aromatic rings. The van der Waals surface area contributed by atoms with Crippen molar-refractivity contribution in [2.75, 3.05) is 20.2 Å². The Labute approximate surface area is 121 Å². The SMILES string of the molecule is C=C(C)C(=O)OCOCOCC(=O)Oc1ccc(O)cc1.